The molecule has 0 amide bonds. The highest BCUT2D eigenvalue weighted by atomic mass is 15.0. The first kappa shape index (κ1) is 27.0. The Balaban J connectivity index is 1.45. The Labute approximate surface area is 280 Å². The molecule has 0 aliphatic heterocycles. The molecule has 1 aromatic heterocycles. The van der Waals surface area contributed by atoms with Crippen LogP contribution in [0.25, 0.3) is 60.5 Å². The predicted octanol–water partition coefficient (Wildman–Crippen LogP) is 12.0. The molecule has 0 saturated carbocycles. The maximum Gasteiger partial charge on any atom is 0.0720 e. The summed E-state index contributed by atoms with van der Waals surface area (Å²) in [6.07, 6.45) is 0. The average Bonchev–Trinajstić information content (AvgIpc) is 3.67. The van der Waals surface area contributed by atoms with Gasteiger partial charge in [-0.3, -0.25) is 0 Å². The van der Waals surface area contributed by atoms with Crippen LogP contribution in [0, 0.1) is 0 Å². The Morgan fingerprint density at radius 1 is 0.396 bits per heavy atom. The molecule has 10 rings (SSSR count). The third kappa shape index (κ3) is 3.67. The van der Waals surface area contributed by atoms with Crippen molar-refractivity contribution in [2.24, 2.45) is 0 Å². The van der Waals surface area contributed by atoms with Gasteiger partial charge >= 0.3 is 0 Å². The third-order valence-corrected chi connectivity index (χ3v) is 10.4. The van der Waals surface area contributed by atoms with E-state index in [9.17, 15) is 0 Å². The molecule has 1 heterocycles. The van der Waals surface area contributed by atoms with Crippen LogP contribution in [0.4, 0.5) is 0 Å². The summed E-state index contributed by atoms with van der Waals surface area (Å²) >= 11 is 0. The van der Waals surface area contributed by atoms with E-state index in [1.165, 1.54) is 82.8 Å². The largest absolute Gasteiger partial charge is 0.309 e. The Hall–Kier alpha value is -6.18. The van der Waals surface area contributed by atoms with Crippen molar-refractivity contribution in [1.29, 1.82) is 0 Å². The van der Waals surface area contributed by atoms with E-state index in [1.54, 1.807) is 0 Å². The fourth-order valence-electron chi connectivity index (χ4n) is 8.51. The van der Waals surface area contributed by atoms with Gasteiger partial charge in [-0.1, -0.05) is 164 Å². The van der Waals surface area contributed by atoms with E-state index in [0.29, 0.717) is 0 Å². The van der Waals surface area contributed by atoms with Gasteiger partial charge in [0.1, 0.15) is 0 Å². The number of rotatable bonds is 4. The first-order valence-corrected chi connectivity index (χ1v) is 16.7. The van der Waals surface area contributed by atoms with Gasteiger partial charge in [-0.05, 0) is 74.0 Å². The van der Waals surface area contributed by atoms with Gasteiger partial charge in [0, 0.05) is 16.3 Å². The summed E-state index contributed by atoms with van der Waals surface area (Å²) in [6.45, 7) is 0. The van der Waals surface area contributed by atoms with Crippen molar-refractivity contribution in [2.45, 2.75) is 5.41 Å². The highest BCUT2D eigenvalue weighted by molar-refractivity contribution is 6.12. The quantitative estimate of drug-likeness (QED) is 0.187. The molecule has 0 radical (unpaired) electrons. The smallest absolute Gasteiger partial charge is 0.0720 e. The Kier molecular flexibility index (Phi) is 5.86. The van der Waals surface area contributed by atoms with E-state index in [1.807, 2.05) is 0 Å². The highest BCUT2D eigenvalue weighted by Gasteiger charge is 2.48. The van der Waals surface area contributed by atoms with Gasteiger partial charge in [-0.25, -0.2) is 0 Å². The van der Waals surface area contributed by atoms with Crippen LogP contribution in [-0.4, -0.2) is 4.57 Å². The minimum atomic E-state index is -0.549. The van der Waals surface area contributed by atoms with E-state index in [4.69, 9.17) is 0 Å². The maximum absolute atomic E-state index is 2.51. The zero-order chi connectivity index (χ0) is 31.7. The van der Waals surface area contributed by atoms with Gasteiger partial charge in [-0.2, -0.15) is 0 Å². The second-order valence-electron chi connectivity index (χ2n) is 12.8. The lowest BCUT2D eigenvalue weighted by Crippen LogP contribution is -2.29. The number of nitrogens with zero attached hydrogens (tertiary/aromatic N) is 1. The molecule has 1 aliphatic rings. The van der Waals surface area contributed by atoms with Crippen molar-refractivity contribution in [3.8, 4) is 27.9 Å². The van der Waals surface area contributed by atoms with Gasteiger partial charge in [0.05, 0.1) is 22.1 Å². The normalized spacial score (nSPS) is 13.2. The Morgan fingerprint density at radius 2 is 0.917 bits per heavy atom. The van der Waals surface area contributed by atoms with Gasteiger partial charge in [0.2, 0.25) is 0 Å². The summed E-state index contributed by atoms with van der Waals surface area (Å²) in [6, 6.07) is 69.4. The molecule has 0 fully saturated rings. The number of aromatic nitrogens is 1. The molecular formula is C47H31N. The summed E-state index contributed by atoms with van der Waals surface area (Å²) < 4.78 is 2.51. The predicted molar refractivity (Wildman–Crippen MR) is 201 cm³/mol. The number of hydrogen-bond acceptors (Lipinski definition) is 0. The van der Waals surface area contributed by atoms with Crippen molar-refractivity contribution in [2.75, 3.05) is 0 Å². The molecule has 1 nitrogen and oxygen atoms in total. The second-order valence-corrected chi connectivity index (χ2v) is 12.8. The first-order valence-electron chi connectivity index (χ1n) is 16.7. The molecule has 0 saturated heterocycles. The van der Waals surface area contributed by atoms with Crippen LogP contribution >= 0.6 is 0 Å². The fourth-order valence-corrected chi connectivity index (χ4v) is 8.51. The zero-order valence-corrected chi connectivity index (χ0v) is 26.3. The van der Waals surface area contributed by atoms with Crippen LogP contribution in [0.2, 0.25) is 0 Å². The van der Waals surface area contributed by atoms with E-state index in [-0.39, 0.29) is 0 Å². The van der Waals surface area contributed by atoms with Crippen molar-refractivity contribution >= 4 is 32.6 Å². The minimum Gasteiger partial charge on any atom is -0.309 e. The average molecular weight is 610 g/mol. The molecule has 9 aromatic rings. The van der Waals surface area contributed by atoms with Crippen LogP contribution in [0.5, 0.6) is 0 Å². The summed E-state index contributed by atoms with van der Waals surface area (Å²) in [5, 5.41) is 5.05. The summed E-state index contributed by atoms with van der Waals surface area (Å²) in [7, 11) is 0. The van der Waals surface area contributed by atoms with Gasteiger partial charge in [-0.15, -0.1) is 0 Å². The summed E-state index contributed by atoms with van der Waals surface area (Å²) in [5.41, 5.74) is 13.3. The first-order chi connectivity index (χ1) is 23.8. The van der Waals surface area contributed by atoms with E-state index < -0.39 is 5.41 Å². The lowest BCUT2D eigenvalue weighted by molar-refractivity contribution is 0.775. The SMILES string of the molecule is c1ccc(-c2ccc3c(c2)C(c2ccccc2)(c2ccccc2)c2c-3c(-n3c4ccccc4c4ccccc43)cc3ccccc23)cc1. The topological polar surface area (TPSA) is 4.93 Å². The maximum atomic E-state index is 2.51. The fraction of sp³-hybridized carbons (Fsp3) is 0.0213. The monoisotopic (exact) mass is 609 g/mol. The van der Waals surface area contributed by atoms with Gasteiger partial charge < -0.3 is 4.57 Å². The van der Waals surface area contributed by atoms with E-state index in [2.05, 4.69) is 193 Å². The number of para-hydroxylation sites is 2. The van der Waals surface area contributed by atoms with Crippen molar-refractivity contribution in [3.05, 3.63) is 210 Å². The van der Waals surface area contributed by atoms with Crippen molar-refractivity contribution < 1.29 is 0 Å². The van der Waals surface area contributed by atoms with Crippen LogP contribution in [0.15, 0.2) is 188 Å². The van der Waals surface area contributed by atoms with Crippen molar-refractivity contribution in [1.82, 2.24) is 4.57 Å². The molecule has 224 valence electrons. The molecule has 8 aromatic carbocycles. The van der Waals surface area contributed by atoms with Crippen LogP contribution in [0.1, 0.15) is 22.3 Å². The minimum absolute atomic E-state index is 0.549. The molecular weight excluding hydrogens is 579 g/mol. The molecule has 0 spiro atoms. The summed E-state index contributed by atoms with van der Waals surface area (Å²) in [4.78, 5) is 0. The molecule has 0 unspecified atom stereocenters. The molecule has 48 heavy (non-hydrogen) atoms. The molecule has 1 heteroatoms. The Morgan fingerprint density at radius 3 is 1.54 bits per heavy atom. The molecule has 0 bridgehead atoms. The lowest BCUT2D eigenvalue weighted by atomic mass is 9.66. The summed E-state index contributed by atoms with van der Waals surface area (Å²) in [5.74, 6) is 0. The van der Waals surface area contributed by atoms with Gasteiger partial charge in [0.15, 0.2) is 0 Å². The van der Waals surface area contributed by atoms with E-state index >= 15 is 0 Å². The zero-order valence-electron chi connectivity index (χ0n) is 26.3. The molecule has 0 atom stereocenters. The third-order valence-electron chi connectivity index (χ3n) is 10.4. The Bertz CT molecular complexity index is 2550. The van der Waals surface area contributed by atoms with Gasteiger partial charge in [0.25, 0.3) is 0 Å². The molecule has 1 aliphatic carbocycles. The number of benzene rings is 8. The lowest BCUT2D eigenvalue weighted by Gasteiger charge is -2.35. The standard InChI is InChI=1S/C47H31N/c1-4-16-32(17-5-1)33-28-29-40-41(30-33)47(35-19-6-2-7-20-35,36-21-8-3-9-22-36)46-37-23-11-10-18-34(37)31-44(45(40)46)48-42-26-14-12-24-38(42)39-25-13-15-27-43(39)48/h1-31H. The number of fused-ring (bicyclic) bond motifs is 8. The highest BCUT2D eigenvalue weighted by Crippen LogP contribution is 2.60. The molecule has 0 N–H and O–H groups in total. The van der Waals surface area contributed by atoms with Crippen LogP contribution in [-0.2, 0) is 5.41 Å². The van der Waals surface area contributed by atoms with Crippen molar-refractivity contribution in [3.63, 3.8) is 0 Å². The van der Waals surface area contributed by atoms with Crippen LogP contribution < -0.4 is 0 Å². The van der Waals surface area contributed by atoms with Crippen LogP contribution in [0.3, 0.4) is 0 Å². The number of hydrogen-bond donors (Lipinski definition) is 0. The second kappa shape index (κ2) is 10.4. The van der Waals surface area contributed by atoms with E-state index in [0.717, 1.165) is 0 Å².